The van der Waals surface area contributed by atoms with Gasteiger partial charge in [0.2, 0.25) is 5.91 Å². The summed E-state index contributed by atoms with van der Waals surface area (Å²) in [5.74, 6) is 0.0585. The minimum atomic E-state index is -0.284. The molecule has 0 saturated heterocycles. The van der Waals surface area contributed by atoms with Crippen LogP contribution in [0.25, 0.3) is 0 Å². The Kier molecular flexibility index (Phi) is 3.03. The maximum Gasteiger partial charge on any atom is 0.223 e. The second-order valence-corrected chi connectivity index (χ2v) is 4.68. The molecule has 0 aromatic heterocycles. The summed E-state index contributed by atoms with van der Waals surface area (Å²) in [5.41, 5.74) is 5.25. The van der Waals surface area contributed by atoms with E-state index in [0.717, 1.165) is 0 Å². The van der Waals surface area contributed by atoms with Gasteiger partial charge in [-0.15, -0.1) is 0 Å². The lowest BCUT2D eigenvalue weighted by Crippen LogP contribution is -2.23. The number of amides is 1. The van der Waals surface area contributed by atoms with Crippen LogP contribution in [-0.4, -0.2) is 29.6 Å². The fourth-order valence-corrected chi connectivity index (χ4v) is 1.22. The third kappa shape index (κ3) is 2.94. The maximum atomic E-state index is 10.6. The van der Waals surface area contributed by atoms with Gasteiger partial charge in [-0.1, -0.05) is 25.5 Å². The zero-order valence-corrected chi connectivity index (χ0v) is 9.03. The van der Waals surface area contributed by atoms with Gasteiger partial charge in [-0.3, -0.25) is 4.79 Å². The lowest BCUT2D eigenvalue weighted by Gasteiger charge is -2.18. The molecule has 1 heterocycles. The van der Waals surface area contributed by atoms with E-state index in [9.17, 15) is 4.79 Å². The second-order valence-electron chi connectivity index (χ2n) is 4.68. The zero-order valence-electron chi connectivity index (χ0n) is 9.03. The Bertz CT molecular complexity index is 286. The molecule has 1 aliphatic heterocycles. The molecular weight excluding hydrogens is 178 g/mol. The fraction of sp³-hybridized carbons (Fsp3) is 0.700. The van der Waals surface area contributed by atoms with Gasteiger partial charge in [0.1, 0.15) is 0 Å². The van der Waals surface area contributed by atoms with Gasteiger partial charge in [0, 0.05) is 0 Å². The highest BCUT2D eigenvalue weighted by Crippen LogP contribution is 2.24. The molecule has 0 aliphatic carbocycles. The quantitative estimate of drug-likeness (QED) is 0.660. The van der Waals surface area contributed by atoms with E-state index in [1.54, 1.807) is 4.68 Å². The van der Waals surface area contributed by atoms with Gasteiger partial charge in [0.25, 0.3) is 0 Å². The minimum absolute atomic E-state index is 0.185. The summed E-state index contributed by atoms with van der Waals surface area (Å²) in [7, 11) is 0. The van der Waals surface area contributed by atoms with Gasteiger partial charge in [-0.2, -0.15) is 0 Å². The Balaban J connectivity index is 2.52. The molecule has 14 heavy (non-hydrogen) atoms. The molecule has 0 fully saturated rings. The Morgan fingerprint density at radius 1 is 1.57 bits per heavy atom. The van der Waals surface area contributed by atoms with E-state index in [1.807, 2.05) is 12.4 Å². The Hall–Kier alpha value is -1.19. The van der Waals surface area contributed by atoms with Gasteiger partial charge in [-0.25, -0.2) is 0 Å². The predicted octanol–water partition coefficient (Wildman–Crippen LogP) is 0.607. The first kappa shape index (κ1) is 10.9. The van der Waals surface area contributed by atoms with Crippen LogP contribution < -0.4 is 5.73 Å². The van der Waals surface area contributed by atoms with Crippen LogP contribution in [0.4, 0.5) is 0 Å². The molecule has 1 aliphatic rings. The summed E-state index contributed by atoms with van der Waals surface area (Å²) < 4.78 is 1.79. The fourth-order valence-electron chi connectivity index (χ4n) is 1.22. The molecule has 1 amide bonds. The first-order valence-corrected chi connectivity index (χ1v) is 4.83. The van der Waals surface area contributed by atoms with Gasteiger partial charge >= 0.3 is 0 Å². The Morgan fingerprint density at radius 3 is 2.64 bits per heavy atom. The van der Waals surface area contributed by atoms with Crippen molar-refractivity contribution in [1.29, 1.82) is 0 Å². The SMILES string of the molecule is CC(C)(C)C1C=N[N+](CCC(N)=O)=C1. The van der Waals surface area contributed by atoms with Gasteiger partial charge in [-0.05, 0) is 10.5 Å². The standard InChI is InChI=1S/C10H17N3O/c1-10(2,3)8-6-12-13(7-8)5-4-9(11)14/h6-8H,4-5H2,1-3H3,(H-,11,14)/p+1. The first-order valence-electron chi connectivity index (χ1n) is 4.83. The van der Waals surface area contributed by atoms with Crippen molar-refractivity contribution in [3.8, 4) is 0 Å². The molecule has 1 atom stereocenters. The van der Waals surface area contributed by atoms with Crippen LogP contribution in [-0.2, 0) is 4.79 Å². The van der Waals surface area contributed by atoms with Crippen LogP contribution in [0.2, 0.25) is 0 Å². The number of carbonyl (C=O) groups is 1. The molecule has 1 rings (SSSR count). The number of carbonyl (C=O) groups excluding carboxylic acids is 1. The highest BCUT2D eigenvalue weighted by Gasteiger charge is 2.29. The third-order valence-electron chi connectivity index (χ3n) is 2.30. The van der Waals surface area contributed by atoms with E-state index < -0.39 is 0 Å². The monoisotopic (exact) mass is 196 g/mol. The molecule has 0 aromatic rings. The van der Waals surface area contributed by atoms with Crippen LogP contribution in [0.1, 0.15) is 27.2 Å². The average Bonchev–Trinajstić information content (AvgIpc) is 2.47. The highest BCUT2D eigenvalue weighted by atomic mass is 16.1. The molecule has 78 valence electrons. The van der Waals surface area contributed by atoms with E-state index in [-0.39, 0.29) is 11.3 Å². The van der Waals surface area contributed by atoms with E-state index in [0.29, 0.717) is 18.9 Å². The van der Waals surface area contributed by atoms with Crippen LogP contribution in [0, 0.1) is 11.3 Å². The minimum Gasteiger partial charge on any atom is -0.369 e. The number of hydrazone groups is 1. The molecule has 0 aromatic carbocycles. The number of hydrogen-bond donors (Lipinski definition) is 1. The number of nitrogens with zero attached hydrogens (tertiary/aromatic N) is 2. The van der Waals surface area contributed by atoms with Crippen LogP contribution >= 0.6 is 0 Å². The van der Waals surface area contributed by atoms with Crippen molar-refractivity contribution in [2.24, 2.45) is 22.2 Å². The molecule has 4 nitrogen and oxygen atoms in total. The van der Waals surface area contributed by atoms with E-state index in [2.05, 4.69) is 25.9 Å². The molecule has 0 bridgehead atoms. The Morgan fingerprint density at radius 2 is 2.21 bits per heavy atom. The lowest BCUT2D eigenvalue weighted by molar-refractivity contribution is -0.525. The summed E-state index contributed by atoms with van der Waals surface area (Å²) in [6.07, 6.45) is 4.31. The van der Waals surface area contributed by atoms with E-state index >= 15 is 0 Å². The summed E-state index contributed by atoms with van der Waals surface area (Å²) in [6.45, 7) is 7.08. The number of hydrogen-bond acceptors (Lipinski definition) is 2. The molecule has 2 N–H and O–H groups in total. The third-order valence-corrected chi connectivity index (χ3v) is 2.30. The maximum absolute atomic E-state index is 10.6. The van der Waals surface area contributed by atoms with Crippen molar-refractivity contribution >= 4 is 18.3 Å². The van der Waals surface area contributed by atoms with Gasteiger partial charge in [0.15, 0.2) is 12.8 Å². The van der Waals surface area contributed by atoms with Crippen molar-refractivity contribution in [3.63, 3.8) is 0 Å². The summed E-state index contributed by atoms with van der Waals surface area (Å²) >= 11 is 0. The highest BCUT2D eigenvalue weighted by molar-refractivity contribution is 5.84. The normalized spacial score (nSPS) is 21.1. The first-order chi connectivity index (χ1) is 6.39. The largest absolute Gasteiger partial charge is 0.369 e. The zero-order chi connectivity index (χ0) is 10.8. The van der Waals surface area contributed by atoms with Crippen molar-refractivity contribution in [1.82, 2.24) is 0 Å². The van der Waals surface area contributed by atoms with Gasteiger partial charge in [0.05, 0.1) is 18.6 Å². The van der Waals surface area contributed by atoms with Crippen LogP contribution in [0.15, 0.2) is 5.10 Å². The van der Waals surface area contributed by atoms with Crippen LogP contribution in [0.5, 0.6) is 0 Å². The molecule has 0 saturated carbocycles. The molecule has 0 spiro atoms. The van der Waals surface area contributed by atoms with Crippen molar-refractivity contribution in [2.45, 2.75) is 27.2 Å². The van der Waals surface area contributed by atoms with E-state index in [4.69, 9.17) is 5.73 Å². The Labute approximate surface area is 84.5 Å². The number of primary amides is 1. The second kappa shape index (κ2) is 3.90. The predicted molar refractivity (Wildman–Crippen MR) is 56.4 cm³/mol. The average molecular weight is 196 g/mol. The topological polar surface area (TPSA) is 58.5 Å². The molecule has 0 radical (unpaired) electrons. The van der Waals surface area contributed by atoms with Crippen LogP contribution in [0.3, 0.4) is 0 Å². The van der Waals surface area contributed by atoms with Crippen molar-refractivity contribution in [2.75, 3.05) is 6.54 Å². The number of nitrogens with two attached hydrogens (primary N) is 1. The lowest BCUT2D eigenvalue weighted by atomic mass is 9.83. The van der Waals surface area contributed by atoms with Crippen molar-refractivity contribution < 1.29 is 9.48 Å². The molecule has 4 heteroatoms. The molecule has 1 unspecified atom stereocenters. The summed E-state index contributed by atoms with van der Waals surface area (Å²) in [4.78, 5) is 10.6. The molecular formula is C10H18N3O+. The summed E-state index contributed by atoms with van der Waals surface area (Å²) in [6, 6.07) is 0. The summed E-state index contributed by atoms with van der Waals surface area (Å²) in [5, 5.41) is 4.20. The smallest absolute Gasteiger partial charge is 0.223 e. The van der Waals surface area contributed by atoms with Crippen molar-refractivity contribution in [3.05, 3.63) is 0 Å². The van der Waals surface area contributed by atoms with E-state index in [1.165, 1.54) is 0 Å². The van der Waals surface area contributed by atoms with Gasteiger partial charge < -0.3 is 5.73 Å². The number of rotatable bonds is 3.